The number of hydrogen-bond acceptors (Lipinski definition) is 12. The number of aromatic nitrogens is 1. The van der Waals surface area contributed by atoms with Crippen LogP contribution in [0.3, 0.4) is 0 Å². The first-order chi connectivity index (χ1) is 16.6. The highest BCUT2D eigenvalue weighted by Crippen LogP contribution is 2.33. The maximum absolute atomic E-state index is 11.9. The lowest BCUT2D eigenvalue weighted by Gasteiger charge is -2.44. The van der Waals surface area contributed by atoms with Crippen LogP contribution in [-0.4, -0.2) is 66.1 Å². The second-order valence-corrected chi connectivity index (χ2v) is 8.69. The first-order valence-electron chi connectivity index (χ1n) is 10.7. The van der Waals surface area contributed by atoms with Crippen molar-refractivity contribution in [2.24, 2.45) is 0 Å². The van der Waals surface area contributed by atoms with E-state index in [-0.39, 0.29) is 6.61 Å². The number of nitrogens with one attached hydrogen (secondary N) is 1. The third-order valence-electron chi connectivity index (χ3n) is 4.82. The second-order valence-electron chi connectivity index (χ2n) is 7.66. The minimum atomic E-state index is -1.25. The Balaban J connectivity index is 1.94. The Morgan fingerprint density at radius 2 is 1.49 bits per heavy atom. The Labute approximate surface area is 205 Å². The van der Waals surface area contributed by atoms with E-state index in [0.29, 0.717) is 5.13 Å². The van der Waals surface area contributed by atoms with Gasteiger partial charge in [-0.2, -0.15) is 0 Å². The molecule has 0 spiro atoms. The lowest BCUT2D eigenvalue weighted by molar-refractivity contribution is -0.247. The van der Waals surface area contributed by atoms with E-state index in [1.807, 2.05) is 30.3 Å². The molecular weight excluding hydrogens is 480 g/mol. The molecular formula is C23H26N2O9S. The van der Waals surface area contributed by atoms with Crippen molar-refractivity contribution in [3.8, 4) is 10.4 Å². The summed E-state index contributed by atoms with van der Waals surface area (Å²) in [4.78, 5) is 52.3. The normalized spacial score (nSPS) is 23.6. The number of rotatable bonds is 8. The largest absolute Gasteiger partial charge is 0.463 e. The van der Waals surface area contributed by atoms with Crippen molar-refractivity contribution < 1.29 is 42.9 Å². The van der Waals surface area contributed by atoms with Crippen LogP contribution in [0.1, 0.15) is 27.7 Å². The zero-order chi connectivity index (χ0) is 25.5. The predicted octanol–water partition coefficient (Wildman–Crippen LogP) is 2.31. The summed E-state index contributed by atoms with van der Waals surface area (Å²) in [6.07, 6.45) is -4.11. The highest BCUT2D eigenvalue weighted by atomic mass is 32.1. The summed E-state index contributed by atoms with van der Waals surface area (Å²) in [5.74, 6) is -2.65. The van der Waals surface area contributed by atoms with Gasteiger partial charge < -0.3 is 29.0 Å². The number of ether oxygens (including phenoxy) is 5. The van der Waals surface area contributed by atoms with Gasteiger partial charge in [0, 0.05) is 33.9 Å². The molecule has 12 heteroatoms. The topological polar surface area (TPSA) is 139 Å². The molecule has 1 aromatic heterocycles. The molecule has 3 rings (SSSR count). The van der Waals surface area contributed by atoms with Crippen LogP contribution >= 0.6 is 11.3 Å². The molecule has 5 atom stereocenters. The molecule has 1 saturated heterocycles. The lowest BCUT2D eigenvalue weighted by atomic mass is 9.97. The highest BCUT2D eigenvalue weighted by molar-refractivity contribution is 7.18. The molecule has 2 aromatic rings. The standard InChI is InChI=1S/C23H26N2O9S/c1-12(26)30-11-17-19(31-13(2)27)20(32-14(3)28)21(33-15(4)29)22(34-17)25-23-24-10-18(35-23)16-8-6-5-7-9-16/h5-10,17,19-22H,11H2,1-4H3,(H,24,25)/t17-,19-,20+,21-,22-/m1/s1. The SMILES string of the molecule is CC(=O)OC[C@H]1O[C@@H](Nc2ncc(-c3ccccc3)s2)[C@H](OC(C)=O)[C@@H](OC(C)=O)[C@@H]1OC(C)=O. The molecule has 188 valence electrons. The molecule has 0 amide bonds. The fourth-order valence-electron chi connectivity index (χ4n) is 3.54. The van der Waals surface area contributed by atoms with Gasteiger partial charge in [0.25, 0.3) is 0 Å². The Morgan fingerprint density at radius 1 is 0.886 bits per heavy atom. The lowest BCUT2D eigenvalue weighted by Crippen LogP contribution is -2.64. The summed E-state index contributed by atoms with van der Waals surface area (Å²) in [5, 5.41) is 3.49. The number of benzene rings is 1. The van der Waals surface area contributed by atoms with Crippen LogP contribution in [0.2, 0.25) is 0 Å². The predicted molar refractivity (Wildman–Crippen MR) is 123 cm³/mol. The van der Waals surface area contributed by atoms with Gasteiger partial charge in [-0.15, -0.1) is 0 Å². The van der Waals surface area contributed by atoms with Crippen LogP contribution in [0.4, 0.5) is 5.13 Å². The van der Waals surface area contributed by atoms with Gasteiger partial charge in [-0.25, -0.2) is 4.98 Å². The van der Waals surface area contributed by atoms with E-state index in [9.17, 15) is 19.2 Å². The van der Waals surface area contributed by atoms with E-state index in [1.54, 1.807) is 6.20 Å². The average Bonchev–Trinajstić information content (AvgIpc) is 3.25. The van der Waals surface area contributed by atoms with Crippen molar-refractivity contribution in [2.75, 3.05) is 11.9 Å². The molecule has 0 aliphatic carbocycles. The molecule has 35 heavy (non-hydrogen) atoms. The van der Waals surface area contributed by atoms with Gasteiger partial charge in [0.2, 0.25) is 0 Å². The maximum atomic E-state index is 11.9. The third-order valence-corrected chi connectivity index (χ3v) is 5.80. The summed E-state index contributed by atoms with van der Waals surface area (Å²) in [6.45, 7) is 4.43. The van der Waals surface area contributed by atoms with E-state index in [4.69, 9.17) is 23.7 Å². The van der Waals surface area contributed by atoms with E-state index < -0.39 is 54.5 Å². The van der Waals surface area contributed by atoms with Crippen molar-refractivity contribution in [3.63, 3.8) is 0 Å². The van der Waals surface area contributed by atoms with Crippen molar-refractivity contribution in [1.82, 2.24) is 4.98 Å². The molecule has 11 nitrogen and oxygen atoms in total. The Bertz CT molecular complexity index is 1060. The van der Waals surface area contributed by atoms with Crippen molar-refractivity contribution in [2.45, 2.75) is 58.3 Å². The number of nitrogens with zero attached hydrogens (tertiary/aromatic N) is 1. The second kappa shape index (κ2) is 11.8. The smallest absolute Gasteiger partial charge is 0.303 e. The van der Waals surface area contributed by atoms with Crippen LogP contribution in [0.25, 0.3) is 10.4 Å². The number of thiazole rings is 1. The van der Waals surface area contributed by atoms with Crippen molar-refractivity contribution in [1.29, 1.82) is 0 Å². The number of carbonyl (C=O) groups is 4. The molecule has 1 aliphatic heterocycles. The minimum Gasteiger partial charge on any atom is -0.463 e. The van der Waals surface area contributed by atoms with Crippen LogP contribution in [0.15, 0.2) is 36.5 Å². The van der Waals surface area contributed by atoms with Gasteiger partial charge in [0.15, 0.2) is 29.7 Å². The molecule has 2 heterocycles. The van der Waals surface area contributed by atoms with Gasteiger partial charge >= 0.3 is 23.9 Å². The number of carbonyl (C=O) groups excluding carboxylic acids is 4. The number of hydrogen-bond donors (Lipinski definition) is 1. The Morgan fingerprint density at radius 3 is 2.09 bits per heavy atom. The monoisotopic (exact) mass is 506 g/mol. The zero-order valence-electron chi connectivity index (χ0n) is 19.6. The average molecular weight is 507 g/mol. The van der Waals surface area contributed by atoms with Crippen LogP contribution in [-0.2, 0) is 42.9 Å². The van der Waals surface area contributed by atoms with Gasteiger partial charge in [-0.05, 0) is 5.56 Å². The molecule has 0 bridgehead atoms. The Kier molecular flexibility index (Phi) is 8.77. The van der Waals surface area contributed by atoms with E-state index >= 15 is 0 Å². The number of esters is 4. The molecule has 0 radical (unpaired) electrons. The molecule has 0 saturated carbocycles. The highest BCUT2D eigenvalue weighted by Gasteiger charge is 2.52. The molecule has 1 N–H and O–H groups in total. The zero-order valence-corrected chi connectivity index (χ0v) is 20.4. The quantitative estimate of drug-likeness (QED) is 0.417. The van der Waals surface area contributed by atoms with Crippen LogP contribution in [0.5, 0.6) is 0 Å². The van der Waals surface area contributed by atoms with E-state index in [0.717, 1.165) is 10.4 Å². The maximum Gasteiger partial charge on any atom is 0.303 e. The summed E-state index contributed by atoms with van der Waals surface area (Å²) in [5.41, 5.74) is 0.958. The van der Waals surface area contributed by atoms with Crippen LogP contribution in [0, 0.1) is 0 Å². The van der Waals surface area contributed by atoms with E-state index in [1.165, 1.54) is 39.0 Å². The summed E-state index contributed by atoms with van der Waals surface area (Å²) in [7, 11) is 0. The van der Waals surface area contributed by atoms with Gasteiger partial charge in [0.1, 0.15) is 12.7 Å². The van der Waals surface area contributed by atoms with Crippen molar-refractivity contribution in [3.05, 3.63) is 36.5 Å². The van der Waals surface area contributed by atoms with E-state index in [2.05, 4.69) is 10.3 Å². The fraction of sp³-hybridized carbons (Fsp3) is 0.435. The summed E-state index contributed by atoms with van der Waals surface area (Å²) in [6, 6.07) is 9.58. The minimum absolute atomic E-state index is 0.302. The molecule has 1 aromatic carbocycles. The van der Waals surface area contributed by atoms with Gasteiger partial charge in [0.05, 0.1) is 4.88 Å². The summed E-state index contributed by atoms with van der Waals surface area (Å²) >= 11 is 1.33. The first kappa shape index (κ1) is 26.1. The van der Waals surface area contributed by atoms with Crippen molar-refractivity contribution >= 4 is 40.3 Å². The molecule has 0 unspecified atom stereocenters. The first-order valence-corrected chi connectivity index (χ1v) is 11.5. The molecule has 1 aliphatic rings. The number of anilines is 1. The Hall–Kier alpha value is -3.51. The third kappa shape index (κ3) is 7.23. The fourth-order valence-corrected chi connectivity index (χ4v) is 4.39. The van der Waals surface area contributed by atoms with Gasteiger partial charge in [-0.3, -0.25) is 19.2 Å². The van der Waals surface area contributed by atoms with Gasteiger partial charge in [-0.1, -0.05) is 41.7 Å². The summed E-state index contributed by atoms with van der Waals surface area (Å²) < 4.78 is 27.3. The van der Waals surface area contributed by atoms with Crippen LogP contribution < -0.4 is 5.32 Å². The molecule has 1 fully saturated rings.